The van der Waals surface area contributed by atoms with Crippen LogP contribution in [0.3, 0.4) is 0 Å². The van der Waals surface area contributed by atoms with Crippen LogP contribution in [0.15, 0.2) is 35.9 Å². The SMILES string of the molecule is CC(=O)N(CCC(=O)Nc1ccc(C(C)(C)C)cc1)CCC1=CCCCC1. The van der Waals surface area contributed by atoms with Crippen molar-refractivity contribution in [3.05, 3.63) is 41.5 Å². The van der Waals surface area contributed by atoms with Crippen molar-refractivity contribution in [1.29, 1.82) is 0 Å². The maximum atomic E-state index is 12.3. The molecule has 0 fully saturated rings. The molecule has 0 saturated carbocycles. The Labute approximate surface area is 164 Å². The number of carbonyl (C=O) groups is 2. The molecule has 0 atom stereocenters. The molecule has 0 aromatic heterocycles. The minimum absolute atomic E-state index is 0.0359. The largest absolute Gasteiger partial charge is 0.342 e. The monoisotopic (exact) mass is 370 g/mol. The molecule has 1 N–H and O–H groups in total. The lowest BCUT2D eigenvalue weighted by Crippen LogP contribution is -2.33. The maximum absolute atomic E-state index is 12.3. The fourth-order valence-electron chi connectivity index (χ4n) is 3.35. The summed E-state index contributed by atoms with van der Waals surface area (Å²) in [6, 6.07) is 7.98. The molecule has 0 saturated heterocycles. The van der Waals surface area contributed by atoms with Crippen molar-refractivity contribution in [3.63, 3.8) is 0 Å². The maximum Gasteiger partial charge on any atom is 0.226 e. The van der Waals surface area contributed by atoms with E-state index in [1.54, 1.807) is 11.8 Å². The summed E-state index contributed by atoms with van der Waals surface area (Å²) in [6.07, 6.45) is 8.40. The Kier molecular flexibility index (Phi) is 7.64. The summed E-state index contributed by atoms with van der Waals surface area (Å²) < 4.78 is 0. The Bertz CT molecular complexity index is 669. The highest BCUT2D eigenvalue weighted by Gasteiger charge is 2.15. The normalized spacial score (nSPS) is 14.4. The van der Waals surface area contributed by atoms with Gasteiger partial charge in [0, 0.05) is 32.1 Å². The number of carbonyl (C=O) groups excluding carboxylic acids is 2. The first kappa shape index (κ1) is 21.2. The van der Waals surface area contributed by atoms with Crippen molar-refractivity contribution in [2.24, 2.45) is 0 Å². The van der Waals surface area contributed by atoms with E-state index in [-0.39, 0.29) is 17.2 Å². The van der Waals surface area contributed by atoms with Crippen LogP contribution in [0.5, 0.6) is 0 Å². The molecule has 2 amide bonds. The summed E-state index contributed by atoms with van der Waals surface area (Å²) in [6.45, 7) is 9.25. The van der Waals surface area contributed by atoms with E-state index in [4.69, 9.17) is 0 Å². The van der Waals surface area contributed by atoms with Crippen LogP contribution in [-0.2, 0) is 15.0 Å². The molecule has 0 unspecified atom stereocenters. The zero-order chi connectivity index (χ0) is 19.9. The predicted octanol–water partition coefficient (Wildman–Crippen LogP) is 5.05. The lowest BCUT2D eigenvalue weighted by molar-refractivity contribution is -0.129. The van der Waals surface area contributed by atoms with Gasteiger partial charge in [0.25, 0.3) is 0 Å². The minimum atomic E-state index is -0.0540. The smallest absolute Gasteiger partial charge is 0.226 e. The molecule has 1 aliphatic rings. The average Bonchev–Trinajstić information content (AvgIpc) is 2.62. The number of allylic oxidation sites excluding steroid dienone is 1. The lowest BCUT2D eigenvalue weighted by Gasteiger charge is -2.22. The van der Waals surface area contributed by atoms with Gasteiger partial charge in [0.15, 0.2) is 0 Å². The summed E-state index contributed by atoms with van der Waals surface area (Å²) in [7, 11) is 0. The lowest BCUT2D eigenvalue weighted by atomic mass is 9.87. The van der Waals surface area contributed by atoms with Crippen molar-refractivity contribution in [1.82, 2.24) is 4.90 Å². The van der Waals surface area contributed by atoms with Gasteiger partial charge in [-0.1, -0.05) is 44.6 Å². The van der Waals surface area contributed by atoms with Gasteiger partial charge in [0.1, 0.15) is 0 Å². The van der Waals surface area contributed by atoms with Gasteiger partial charge in [-0.25, -0.2) is 0 Å². The van der Waals surface area contributed by atoms with Gasteiger partial charge in [-0.05, 0) is 55.2 Å². The van der Waals surface area contributed by atoms with Crippen LogP contribution < -0.4 is 5.32 Å². The molecular weight excluding hydrogens is 336 g/mol. The number of anilines is 1. The van der Waals surface area contributed by atoms with E-state index >= 15 is 0 Å². The van der Waals surface area contributed by atoms with Crippen molar-refractivity contribution < 1.29 is 9.59 Å². The van der Waals surface area contributed by atoms with Gasteiger partial charge >= 0.3 is 0 Å². The third-order valence-corrected chi connectivity index (χ3v) is 5.18. The molecule has 1 aromatic carbocycles. The molecule has 148 valence electrons. The fourth-order valence-corrected chi connectivity index (χ4v) is 3.35. The summed E-state index contributed by atoms with van der Waals surface area (Å²) in [5, 5.41) is 2.93. The van der Waals surface area contributed by atoms with Gasteiger partial charge in [0.05, 0.1) is 0 Å². The summed E-state index contributed by atoms with van der Waals surface area (Å²) in [5.74, 6) is -0.0182. The first-order chi connectivity index (χ1) is 12.8. The van der Waals surface area contributed by atoms with Gasteiger partial charge in [0.2, 0.25) is 11.8 Å². The number of hydrogen-bond donors (Lipinski definition) is 1. The number of rotatable bonds is 7. The molecule has 0 radical (unpaired) electrons. The number of benzene rings is 1. The van der Waals surface area contributed by atoms with Crippen LogP contribution in [0, 0.1) is 0 Å². The number of amides is 2. The topological polar surface area (TPSA) is 49.4 Å². The molecule has 0 spiro atoms. The van der Waals surface area contributed by atoms with E-state index in [2.05, 4.69) is 44.3 Å². The predicted molar refractivity (Wildman–Crippen MR) is 112 cm³/mol. The highest BCUT2D eigenvalue weighted by atomic mass is 16.2. The third-order valence-electron chi connectivity index (χ3n) is 5.18. The van der Waals surface area contributed by atoms with Gasteiger partial charge in [-0.2, -0.15) is 0 Å². The second-order valence-corrected chi connectivity index (χ2v) is 8.49. The van der Waals surface area contributed by atoms with Crippen LogP contribution in [0.2, 0.25) is 0 Å². The molecule has 0 bridgehead atoms. The van der Waals surface area contributed by atoms with E-state index in [1.165, 1.54) is 24.0 Å². The Morgan fingerprint density at radius 1 is 1.07 bits per heavy atom. The molecular formula is C23H34N2O2. The highest BCUT2D eigenvalue weighted by Crippen LogP contribution is 2.23. The molecule has 4 heteroatoms. The van der Waals surface area contributed by atoms with E-state index in [0.29, 0.717) is 19.5 Å². The molecule has 0 aliphatic heterocycles. The highest BCUT2D eigenvalue weighted by molar-refractivity contribution is 5.91. The molecule has 2 rings (SSSR count). The third kappa shape index (κ3) is 7.20. The summed E-state index contributed by atoms with van der Waals surface area (Å²) >= 11 is 0. The second-order valence-electron chi connectivity index (χ2n) is 8.49. The number of nitrogens with zero attached hydrogens (tertiary/aromatic N) is 1. The number of nitrogens with one attached hydrogen (secondary N) is 1. The number of hydrogen-bond acceptors (Lipinski definition) is 2. The first-order valence-corrected chi connectivity index (χ1v) is 10.1. The average molecular weight is 371 g/mol. The second kappa shape index (κ2) is 9.72. The molecule has 4 nitrogen and oxygen atoms in total. The Morgan fingerprint density at radius 2 is 1.78 bits per heavy atom. The Balaban J connectivity index is 1.81. The zero-order valence-electron chi connectivity index (χ0n) is 17.3. The van der Waals surface area contributed by atoms with E-state index in [1.807, 2.05) is 12.1 Å². The quantitative estimate of drug-likeness (QED) is 0.683. The minimum Gasteiger partial charge on any atom is -0.342 e. The van der Waals surface area contributed by atoms with Gasteiger partial charge in [-0.3, -0.25) is 9.59 Å². The standard InChI is InChI=1S/C23H34N2O2/c1-18(26)25(16-14-19-8-6-5-7-9-19)17-15-22(27)24-21-12-10-20(11-13-21)23(2,3)4/h8,10-13H,5-7,9,14-17H2,1-4H3,(H,24,27). The zero-order valence-corrected chi connectivity index (χ0v) is 17.3. The Morgan fingerprint density at radius 3 is 2.33 bits per heavy atom. The molecule has 1 aromatic rings. The van der Waals surface area contributed by atoms with Crippen LogP contribution in [-0.4, -0.2) is 29.8 Å². The van der Waals surface area contributed by atoms with Crippen molar-refractivity contribution in [2.45, 2.75) is 71.6 Å². The summed E-state index contributed by atoms with van der Waals surface area (Å²) in [4.78, 5) is 25.9. The molecule has 1 aliphatic carbocycles. The fraction of sp³-hybridized carbons (Fsp3) is 0.565. The van der Waals surface area contributed by atoms with Crippen LogP contribution >= 0.6 is 0 Å². The molecule has 27 heavy (non-hydrogen) atoms. The van der Waals surface area contributed by atoms with Gasteiger partial charge < -0.3 is 10.2 Å². The van der Waals surface area contributed by atoms with E-state index in [9.17, 15) is 9.59 Å². The van der Waals surface area contributed by atoms with E-state index < -0.39 is 0 Å². The Hall–Kier alpha value is -2.10. The summed E-state index contributed by atoms with van der Waals surface area (Å²) in [5.41, 5.74) is 3.59. The van der Waals surface area contributed by atoms with E-state index in [0.717, 1.165) is 24.9 Å². The van der Waals surface area contributed by atoms with Crippen molar-refractivity contribution >= 4 is 17.5 Å². The van der Waals surface area contributed by atoms with Gasteiger partial charge in [-0.15, -0.1) is 0 Å². The first-order valence-electron chi connectivity index (χ1n) is 10.1. The van der Waals surface area contributed by atoms with Crippen LogP contribution in [0.4, 0.5) is 5.69 Å². The molecule has 0 heterocycles. The van der Waals surface area contributed by atoms with Crippen molar-refractivity contribution in [3.8, 4) is 0 Å². The van der Waals surface area contributed by atoms with Crippen LogP contribution in [0.25, 0.3) is 0 Å². The van der Waals surface area contributed by atoms with Crippen LogP contribution in [0.1, 0.15) is 71.8 Å². The van der Waals surface area contributed by atoms with Crippen molar-refractivity contribution in [2.75, 3.05) is 18.4 Å².